The summed E-state index contributed by atoms with van der Waals surface area (Å²) in [4.78, 5) is 11.9. The van der Waals surface area contributed by atoms with Crippen LogP contribution in [0.25, 0.3) is 11.1 Å². The van der Waals surface area contributed by atoms with E-state index in [1.54, 1.807) is 0 Å². The van der Waals surface area contributed by atoms with Crippen LogP contribution in [-0.2, 0) is 0 Å². The summed E-state index contributed by atoms with van der Waals surface area (Å²) >= 11 is 0. The first-order chi connectivity index (χ1) is 9.20. The number of rotatable bonds is 5. The zero-order valence-corrected chi connectivity index (χ0v) is 11.0. The van der Waals surface area contributed by atoms with Crippen molar-refractivity contribution in [2.24, 2.45) is 0 Å². The number of carbonyl (C=O) groups excluding carboxylic acids is 1. The quantitative estimate of drug-likeness (QED) is 0.826. The molecule has 0 saturated carbocycles. The zero-order valence-electron chi connectivity index (χ0n) is 11.0. The predicted octanol–water partition coefficient (Wildman–Crippen LogP) is 3.70. The molecule has 0 spiro atoms. The van der Waals surface area contributed by atoms with Gasteiger partial charge in [0.2, 0.25) is 0 Å². The van der Waals surface area contributed by atoms with Gasteiger partial charge >= 0.3 is 0 Å². The predicted molar refractivity (Wildman–Crippen MR) is 77.1 cm³/mol. The van der Waals surface area contributed by atoms with E-state index in [0.29, 0.717) is 12.0 Å². The van der Waals surface area contributed by atoms with Gasteiger partial charge in [-0.15, -0.1) is 0 Å². The smallest absolute Gasteiger partial charge is 0.165 e. The maximum atomic E-state index is 11.9. The molecular weight excluding hydrogens is 236 g/mol. The summed E-state index contributed by atoms with van der Waals surface area (Å²) in [6.45, 7) is 1.87. The molecule has 0 saturated heterocycles. The summed E-state index contributed by atoms with van der Waals surface area (Å²) in [5, 5.41) is 9.50. The molecule has 0 heterocycles. The van der Waals surface area contributed by atoms with Gasteiger partial charge in [-0.2, -0.15) is 0 Å². The highest BCUT2D eigenvalue weighted by Crippen LogP contribution is 2.20. The Kier molecular flexibility index (Phi) is 4.48. The summed E-state index contributed by atoms with van der Waals surface area (Å²) in [7, 11) is 0. The molecule has 0 radical (unpaired) electrons. The normalized spacial score (nSPS) is 12.1. The first-order valence-electron chi connectivity index (χ1n) is 6.57. The second kappa shape index (κ2) is 6.30. The van der Waals surface area contributed by atoms with E-state index in [1.807, 2.05) is 61.5 Å². The number of Topliss-reactive ketones (excluding diaryl/α,β-unsaturated/α-hetero) is 1. The van der Waals surface area contributed by atoms with Crippen LogP contribution in [0.5, 0.6) is 0 Å². The molecule has 0 aliphatic heterocycles. The third-order valence-corrected chi connectivity index (χ3v) is 3.21. The first kappa shape index (κ1) is 13.5. The van der Waals surface area contributed by atoms with Gasteiger partial charge in [0.1, 0.15) is 0 Å². The summed E-state index contributed by atoms with van der Waals surface area (Å²) in [5.74, 6) is -0.00559. The van der Waals surface area contributed by atoms with Crippen molar-refractivity contribution >= 4 is 5.78 Å². The summed E-state index contributed by atoms with van der Waals surface area (Å²) in [5.41, 5.74) is 2.88. The second-order valence-electron chi connectivity index (χ2n) is 4.63. The van der Waals surface area contributed by atoms with Crippen molar-refractivity contribution in [1.29, 1.82) is 0 Å². The molecule has 0 bridgehead atoms. The van der Waals surface area contributed by atoms with E-state index >= 15 is 0 Å². The molecule has 1 atom stereocenters. The van der Waals surface area contributed by atoms with E-state index < -0.39 is 6.10 Å². The van der Waals surface area contributed by atoms with Crippen molar-refractivity contribution in [2.75, 3.05) is 0 Å². The number of hydrogen-bond donors (Lipinski definition) is 1. The lowest BCUT2D eigenvalue weighted by Crippen LogP contribution is -2.12. The molecule has 2 aromatic carbocycles. The highest BCUT2D eigenvalue weighted by molar-refractivity contribution is 5.96. The van der Waals surface area contributed by atoms with Gasteiger partial charge in [0.15, 0.2) is 5.78 Å². The van der Waals surface area contributed by atoms with Crippen LogP contribution in [0.1, 0.15) is 30.1 Å². The van der Waals surface area contributed by atoms with Crippen LogP contribution in [0.2, 0.25) is 0 Å². The van der Waals surface area contributed by atoms with Crippen LogP contribution in [0.15, 0.2) is 54.6 Å². The Bertz CT molecular complexity index is 529. The SMILES string of the molecule is CCC(O)CC(=O)c1ccc(-c2ccccc2)cc1. The molecule has 98 valence electrons. The average molecular weight is 254 g/mol. The summed E-state index contributed by atoms with van der Waals surface area (Å²) in [6, 6.07) is 17.6. The van der Waals surface area contributed by atoms with E-state index in [4.69, 9.17) is 0 Å². The highest BCUT2D eigenvalue weighted by Gasteiger charge is 2.11. The van der Waals surface area contributed by atoms with Crippen molar-refractivity contribution in [3.8, 4) is 11.1 Å². The molecule has 2 aromatic rings. The number of carbonyl (C=O) groups is 1. The molecular formula is C17H18O2. The minimum atomic E-state index is -0.540. The third kappa shape index (κ3) is 3.52. The molecule has 2 heteroatoms. The third-order valence-electron chi connectivity index (χ3n) is 3.21. The van der Waals surface area contributed by atoms with Crippen molar-refractivity contribution in [2.45, 2.75) is 25.9 Å². The number of benzene rings is 2. The van der Waals surface area contributed by atoms with Gasteiger partial charge in [-0.05, 0) is 17.5 Å². The van der Waals surface area contributed by atoms with Crippen molar-refractivity contribution in [3.63, 3.8) is 0 Å². The van der Waals surface area contributed by atoms with E-state index in [0.717, 1.165) is 11.1 Å². The molecule has 0 aliphatic carbocycles. The maximum absolute atomic E-state index is 11.9. The highest BCUT2D eigenvalue weighted by atomic mass is 16.3. The number of ketones is 1. The fourth-order valence-corrected chi connectivity index (χ4v) is 1.96. The molecule has 1 unspecified atom stereocenters. The molecule has 0 aliphatic rings. The van der Waals surface area contributed by atoms with Crippen LogP contribution in [0.4, 0.5) is 0 Å². The molecule has 0 fully saturated rings. The van der Waals surface area contributed by atoms with E-state index in [2.05, 4.69) is 0 Å². The fraction of sp³-hybridized carbons (Fsp3) is 0.235. The molecule has 1 N–H and O–H groups in total. The zero-order chi connectivity index (χ0) is 13.7. The van der Waals surface area contributed by atoms with Crippen molar-refractivity contribution in [3.05, 3.63) is 60.2 Å². The second-order valence-corrected chi connectivity index (χ2v) is 4.63. The number of aliphatic hydroxyl groups excluding tert-OH is 1. The Morgan fingerprint density at radius 2 is 1.58 bits per heavy atom. The van der Waals surface area contributed by atoms with Crippen LogP contribution >= 0.6 is 0 Å². The van der Waals surface area contributed by atoms with Gasteiger partial charge in [0.25, 0.3) is 0 Å². The summed E-state index contributed by atoms with van der Waals surface area (Å²) < 4.78 is 0. The number of aliphatic hydroxyl groups is 1. The number of hydrogen-bond acceptors (Lipinski definition) is 2. The fourth-order valence-electron chi connectivity index (χ4n) is 1.96. The Hall–Kier alpha value is -1.93. The lowest BCUT2D eigenvalue weighted by Gasteiger charge is -2.07. The van der Waals surface area contributed by atoms with Gasteiger partial charge in [0.05, 0.1) is 6.10 Å². The lowest BCUT2D eigenvalue weighted by atomic mass is 10.00. The van der Waals surface area contributed by atoms with Gasteiger partial charge < -0.3 is 5.11 Å². The topological polar surface area (TPSA) is 37.3 Å². The standard InChI is InChI=1S/C17H18O2/c1-2-16(18)12-17(19)15-10-8-14(9-11-15)13-6-4-3-5-7-13/h3-11,16,18H,2,12H2,1H3. The van der Waals surface area contributed by atoms with Crippen LogP contribution in [-0.4, -0.2) is 17.0 Å². The van der Waals surface area contributed by atoms with Crippen molar-refractivity contribution < 1.29 is 9.90 Å². The van der Waals surface area contributed by atoms with Gasteiger partial charge in [-0.3, -0.25) is 4.79 Å². The molecule has 19 heavy (non-hydrogen) atoms. The molecule has 0 amide bonds. The first-order valence-corrected chi connectivity index (χ1v) is 6.57. The van der Waals surface area contributed by atoms with E-state index in [9.17, 15) is 9.90 Å². The Morgan fingerprint density at radius 1 is 1.00 bits per heavy atom. The van der Waals surface area contributed by atoms with E-state index in [-0.39, 0.29) is 12.2 Å². The van der Waals surface area contributed by atoms with E-state index in [1.165, 1.54) is 0 Å². The maximum Gasteiger partial charge on any atom is 0.165 e. The van der Waals surface area contributed by atoms with Gasteiger partial charge in [0, 0.05) is 12.0 Å². The molecule has 2 rings (SSSR count). The van der Waals surface area contributed by atoms with Gasteiger partial charge in [-0.1, -0.05) is 61.5 Å². The average Bonchev–Trinajstić information content (AvgIpc) is 2.48. The lowest BCUT2D eigenvalue weighted by molar-refractivity contribution is 0.0875. The largest absolute Gasteiger partial charge is 0.393 e. The Labute approximate surface area is 113 Å². The monoisotopic (exact) mass is 254 g/mol. The van der Waals surface area contributed by atoms with Crippen LogP contribution in [0, 0.1) is 0 Å². The van der Waals surface area contributed by atoms with Gasteiger partial charge in [-0.25, -0.2) is 0 Å². The molecule has 0 aromatic heterocycles. The Balaban J connectivity index is 2.13. The molecule has 2 nitrogen and oxygen atoms in total. The van der Waals surface area contributed by atoms with Crippen molar-refractivity contribution in [1.82, 2.24) is 0 Å². The summed E-state index contributed by atoms with van der Waals surface area (Å²) in [6.07, 6.45) is 0.260. The Morgan fingerprint density at radius 3 is 2.16 bits per heavy atom. The minimum Gasteiger partial charge on any atom is -0.393 e. The van der Waals surface area contributed by atoms with Crippen LogP contribution < -0.4 is 0 Å². The minimum absolute atomic E-state index is 0.00559. The van der Waals surface area contributed by atoms with Crippen LogP contribution in [0.3, 0.4) is 0 Å².